The van der Waals surface area contributed by atoms with Gasteiger partial charge < -0.3 is 19.6 Å². The van der Waals surface area contributed by atoms with Crippen LogP contribution in [0.1, 0.15) is 33.3 Å². The van der Waals surface area contributed by atoms with E-state index in [1.807, 2.05) is 30.3 Å². The molecule has 0 saturated carbocycles. The minimum atomic E-state index is -0.787. The molecule has 1 aromatic rings. The van der Waals surface area contributed by atoms with E-state index in [9.17, 15) is 14.7 Å². The van der Waals surface area contributed by atoms with Gasteiger partial charge in [0.05, 0.1) is 18.7 Å². The van der Waals surface area contributed by atoms with E-state index in [-0.39, 0.29) is 19.0 Å². The van der Waals surface area contributed by atoms with Crippen molar-refractivity contribution in [1.82, 2.24) is 9.80 Å². The Morgan fingerprint density at radius 2 is 1.88 bits per heavy atom. The number of nitrogens with zero attached hydrogens (tertiary/aromatic N) is 2. The van der Waals surface area contributed by atoms with Gasteiger partial charge in [-0.1, -0.05) is 30.3 Å². The van der Waals surface area contributed by atoms with Gasteiger partial charge in [-0.3, -0.25) is 4.79 Å². The second-order valence-electron chi connectivity index (χ2n) is 7.15. The molecule has 24 heavy (non-hydrogen) atoms. The van der Waals surface area contributed by atoms with Crippen LogP contribution in [-0.4, -0.2) is 57.7 Å². The summed E-state index contributed by atoms with van der Waals surface area (Å²) in [6.45, 7) is 7.71. The van der Waals surface area contributed by atoms with Crippen LogP contribution in [0.2, 0.25) is 0 Å². The third-order valence-corrected chi connectivity index (χ3v) is 3.91. The van der Waals surface area contributed by atoms with E-state index in [4.69, 9.17) is 4.74 Å². The standard InChI is InChI=1S/C18H26N2O4/c1-13(21)20(10-14-8-6-5-7-9-14)15-11-19(12-16(15)22)17(23)24-18(2,3)4/h5-9,15-16,22H,10-12H2,1-4H3/t15-,16-/m1/s1. The molecule has 6 nitrogen and oxygen atoms in total. The number of carbonyl (C=O) groups is 2. The molecule has 0 bridgehead atoms. The van der Waals surface area contributed by atoms with Gasteiger partial charge in [-0.25, -0.2) is 4.79 Å². The van der Waals surface area contributed by atoms with E-state index in [2.05, 4.69) is 0 Å². The summed E-state index contributed by atoms with van der Waals surface area (Å²) >= 11 is 0. The van der Waals surface area contributed by atoms with Gasteiger partial charge in [0.15, 0.2) is 0 Å². The third-order valence-electron chi connectivity index (χ3n) is 3.91. The molecular formula is C18H26N2O4. The van der Waals surface area contributed by atoms with Crippen molar-refractivity contribution in [2.75, 3.05) is 13.1 Å². The van der Waals surface area contributed by atoms with Crippen LogP contribution >= 0.6 is 0 Å². The molecule has 0 unspecified atom stereocenters. The summed E-state index contributed by atoms with van der Waals surface area (Å²) in [5.41, 5.74) is 0.389. The SMILES string of the molecule is CC(=O)N(Cc1ccccc1)[C@@H]1CN(C(=O)OC(C)(C)C)C[C@H]1O. The summed E-state index contributed by atoms with van der Waals surface area (Å²) in [6.07, 6.45) is -1.25. The number of β-amino-alcohol motifs (C(OH)–C–C–N with tert-alkyl or cyclic N) is 1. The molecule has 2 atom stereocenters. The summed E-state index contributed by atoms with van der Waals surface area (Å²) in [5, 5.41) is 10.4. The Labute approximate surface area is 143 Å². The van der Waals surface area contributed by atoms with Gasteiger partial charge >= 0.3 is 6.09 Å². The van der Waals surface area contributed by atoms with Crippen molar-refractivity contribution in [3.8, 4) is 0 Å². The second kappa shape index (κ2) is 7.21. The highest BCUT2D eigenvalue weighted by Crippen LogP contribution is 2.21. The van der Waals surface area contributed by atoms with Crippen molar-refractivity contribution in [2.45, 2.75) is 52.0 Å². The highest BCUT2D eigenvalue weighted by atomic mass is 16.6. The van der Waals surface area contributed by atoms with Crippen LogP contribution in [0.5, 0.6) is 0 Å². The third kappa shape index (κ3) is 4.71. The Bertz CT molecular complexity index is 582. The number of aliphatic hydroxyl groups is 1. The number of benzene rings is 1. The minimum absolute atomic E-state index is 0.131. The fourth-order valence-corrected chi connectivity index (χ4v) is 2.79. The Hall–Kier alpha value is -2.08. The number of carbonyl (C=O) groups excluding carboxylic acids is 2. The van der Waals surface area contributed by atoms with Gasteiger partial charge in [-0.05, 0) is 26.3 Å². The topological polar surface area (TPSA) is 70.1 Å². The first-order valence-electron chi connectivity index (χ1n) is 8.14. The minimum Gasteiger partial charge on any atom is -0.444 e. The predicted octanol–water partition coefficient (Wildman–Crippen LogP) is 2.02. The van der Waals surface area contributed by atoms with Crippen molar-refractivity contribution in [3.63, 3.8) is 0 Å². The number of aliphatic hydroxyl groups excluding tert-OH is 1. The molecule has 6 heteroatoms. The molecule has 2 rings (SSSR count). The van der Waals surface area contributed by atoms with E-state index in [0.29, 0.717) is 6.54 Å². The van der Waals surface area contributed by atoms with Crippen LogP contribution in [-0.2, 0) is 16.1 Å². The first kappa shape index (κ1) is 18.3. The zero-order valence-electron chi connectivity index (χ0n) is 14.7. The zero-order valence-corrected chi connectivity index (χ0v) is 14.7. The van der Waals surface area contributed by atoms with Gasteiger partial charge in [0.1, 0.15) is 5.60 Å². The summed E-state index contributed by atoms with van der Waals surface area (Å²) < 4.78 is 5.35. The molecule has 1 aliphatic rings. The first-order valence-corrected chi connectivity index (χ1v) is 8.14. The lowest BCUT2D eigenvalue weighted by molar-refractivity contribution is -0.133. The van der Waals surface area contributed by atoms with Crippen molar-refractivity contribution in [2.24, 2.45) is 0 Å². The quantitative estimate of drug-likeness (QED) is 0.918. The van der Waals surface area contributed by atoms with Gasteiger partial charge in [-0.15, -0.1) is 0 Å². The van der Waals surface area contributed by atoms with Gasteiger partial charge in [0, 0.05) is 20.0 Å². The van der Waals surface area contributed by atoms with E-state index in [1.165, 1.54) is 11.8 Å². The summed E-state index contributed by atoms with van der Waals surface area (Å²) in [4.78, 5) is 27.3. The van der Waals surface area contributed by atoms with Gasteiger partial charge in [-0.2, -0.15) is 0 Å². The van der Waals surface area contributed by atoms with Crippen molar-refractivity contribution < 1.29 is 19.4 Å². The Kier molecular flexibility index (Phi) is 5.49. The molecule has 1 fully saturated rings. The number of hydrogen-bond acceptors (Lipinski definition) is 4. The maximum Gasteiger partial charge on any atom is 0.410 e. The van der Waals surface area contributed by atoms with Crippen LogP contribution in [0.3, 0.4) is 0 Å². The average molecular weight is 334 g/mol. The van der Waals surface area contributed by atoms with Crippen LogP contribution in [0.15, 0.2) is 30.3 Å². The van der Waals surface area contributed by atoms with E-state index in [1.54, 1.807) is 25.7 Å². The number of likely N-dealkylation sites (tertiary alicyclic amines) is 1. The monoisotopic (exact) mass is 334 g/mol. The van der Waals surface area contributed by atoms with E-state index >= 15 is 0 Å². The Morgan fingerprint density at radius 3 is 2.42 bits per heavy atom. The molecule has 2 amide bonds. The van der Waals surface area contributed by atoms with Crippen LogP contribution in [0, 0.1) is 0 Å². The molecule has 1 aromatic carbocycles. The Morgan fingerprint density at radius 1 is 1.25 bits per heavy atom. The summed E-state index contributed by atoms with van der Waals surface area (Å²) in [5.74, 6) is -0.131. The Balaban J connectivity index is 2.08. The lowest BCUT2D eigenvalue weighted by Gasteiger charge is -2.30. The average Bonchev–Trinajstić information content (AvgIpc) is 2.86. The van der Waals surface area contributed by atoms with Gasteiger partial charge in [0.25, 0.3) is 0 Å². The number of rotatable bonds is 3. The molecule has 0 aromatic heterocycles. The largest absolute Gasteiger partial charge is 0.444 e. The van der Waals surface area contributed by atoms with Crippen LogP contribution in [0.25, 0.3) is 0 Å². The van der Waals surface area contributed by atoms with E-state index < -0.39 is 23.8 Å². The van der Waals surface area contributed by atoms with Crippen LogP contribution < -0.4 is 0 Å². The number of amides is 2. The van der Waals surface area contributed by atoms with Gasteiger partial charge in [0.2, 0.25) is 5.91 Å². The normalized spacial score (nSPS) is 20.8. The first-order chi connectivity index (χ1) is 11.2. The fourth-order valence-electron chi connectivity index (χ4n) is 2.79. The predicted molar refractivity (Wildman–Crippen MR) is 90.3 cm³/mol. The summed E-state index contributed by atoms with van der Waals surface area (Å²) in [7, 11) is 0. The molecule has 132 valence electrons. The molecular weight excluding hydrogens is 308 g/mol. The lowest BCUT2D eigenvalue weighted by Crippen LogP contribution is -2.45. The van der Waals surface area contributed by atoms with Crippen LogP contribution in [0.4, 0.5) is 4.79 Å². The molecule has 0 spiro atoms. The van der Waals surface area contributed by atoms with E-state index in [0.717, 1.165) is 5.56 Å². The van der Waals surface area contributed by atoms with Crippen molar-refractivity contribution in [3.05, 3.63) is 35.9 Å². The molecule has 1 aliphatic heterocycles. The lowest BCUT2D eigenvalue weighted by atomic mass is 10.1. The molecule has 0 aliphatic carbocycles. The molecule has 1 saturated heterocycles. The molecule has 1 heterocycles. The van der Waals surface area contributed by atoms with Crippen molar-refractivity contribution in [1.29, 1.82) is 0 Å². The molecule has 0 radical (unpaired) electrons. The number of ether oxygens (including phenoxy) is 1. The fraction of sp³-hybridized carbons (Fsp3) is 0.556. The maximum atomic E-state index is 12.2. The number of hydrogen-bond donors (Lipinski definition) is 1. The maximum absolute atomic E-state index is 12.2. The zero-order chi connectivity index (χ0) is 17.9. The molecule has 1 N–H and O–H groups in total. The summed E-state index contributed by atoms with van der Waals surface area (Å²) in [6, 6.07) is 9.16. The highest BCUT2D eigenvalue weighted by molar-refractivity contribution is 5.74. The smallest absolute Gasteiger partial charge is 0.410 e. The second-order valence-corrected chi connectivity index (χ2v) is 7.15. The highest BCUT2D eigenvalue weighted by Gasteiger charge is 2.40. The van der Waals surface area contributed by atoms with Crippen molar-refractivity contribution >= 4 is 12.0 Å².